The molecule has 33 heavy (non-hydrogen) atoms. The Labute approximate surface area is 204 Å². The molecule has 0 radical (unpaired) electrons. The summed E-state index contributed by atoms with van der Waals surface area (Å²) in [6.45, 7) is 18.6. The third-order valence-corrected chi connectivity index (χ3v) is 10.9. The third-order valence-electron chi connectivity index (χ3n) is 10.9. The van der Waals surface area contributed by atoms with E-state index in [1.54, 1.807) is 12.5 Å². The van der Waals surface area contributed by atoms with E-state index in [-0.39, 0.29) is 22.9 Å². The summed E-state index contributed by atoms with van der Waals surface area (Å²) in [5.41, 5.74) is 3.90. The molecule has 4 aliphatic carbocycles. The van der Waals surface area contributed by atoms with E-state index in [4.69, 9.17) is 4.74 Å². The molecule has 0 aromatic carbocycles. The second kappa shape index (κ2) is 8.87. The molecule has 2 nitrogen and oxygen atoms in total. The number of ether oxygens (including phenoxy) is 1. The van der Waals surface area contributed by atoms with Crippen molar-refractivity contribution < 1.29 is 9.53 Å². The van der Waals surface area contributed by atoms with Crippen LogP contribution in [-0.2, 0) is 9.53 Å². The standard InChI is InChI=1S/C31H50O2/c1-20(2)10-9-11-21(3)24-13-14-25-23-12-15-27-29(5,6)28(33-22(4)32)17-19-31(27,8)26(23)16-18-30(24,25)7/h12,15,20-21,24-26,28H,9-11,13-14,16-19H2,1-8H3/t21-,24+,25-,26+,28-,30+,31+/m1/s1. The van der Waals surface area contributed by atoms with Crippen LogP contribution in [0.4, 0.5) is 0 Å². The van der Waals surface area contributed by atoms with Crippen LogP contribution in [0.5, 0.6) is 0 Å². The summed E-state index contributed by atoms with van der Waals surface area (Å²) in [6.07, 6.45) is 16.8. The molecule has 0 saturated heterocycles. The van der Waals surface area contributed by atoms with E-state index in [0.29, 0.717) is 11.3 Å². The molecule has 0 amide bonds. The van der Waals surface area contributed by atoms with Gasteiger partial charge in [-0.3, -0.25) is 4.79 Å². The van der Waals surface area contributed by atoms with Gasteiger partial charge < -0.3 is 4.74 Å². The van der Waals surface area contributed by atoms with Gasteiger partial charge >= 0.3 is 5.97 Å². The van der Waals surface area contributed by atoms with Gasteiger partial charge in [-0.05, 0) is 78.9 Å². The number of rotatable bonds is 6. The molecule has 7 atom stereocenters. The summed E-state index contributed by atoms with van der Waals surface area (Å²) in [4.78, 5) is 11.8. The van der Waals surface area contributed by atoms with Gasteiger partial charge in [0.25, 0.3) is 0 Å². The van der Waals surface area contributed by atoms with Crippen LogP contribution >= 0.6 is 0 Å². The Morgan fingerprint density at radius 2 is 1.70 bits per heavy atom. The summed E-state index contributed by atoms with van der Waals surface area (Å²) in [5, 5.41) is 0. The predicted molar refractivity (Wildman–Crippen MR) is 138 cm³/mol. The lowest BCUT2D eigenvalue weighted by Gasteiger charge is -2.58. The maximum absolute atomic E-state index is 11.8. The van der Waals surface area contributed by atoms with Gasteiger partial charge in [-0.15, -0.1) is 0 Å². The smallest absolute Gasteiger partial charge is 0.302 e. The molecule has 0 bridgehead atoms. The fourth-order valence-corrected chi connectivity index (χ4v) is 9.13. The van der Waals surface area contributed by atoms with Gasteiger partial charge in [0.1, 0.15) is 6.10 Å². The van der Waals surface area contributed by atoms with Crippen LogP contribution in [0.15, 0.2) is 23.3 Å². The van der Waals surface area contributed by atoms with Gasteiger partial charge in [0, 0.05) is 12.3 Å². The van der Waals surface area contributed by atoms with Crippen molar-refractivity contribution >= 4 is 5.97 Å². The lowest BCUT2D eigenvalue weighted by atomic mass is 9.46. The molecule has 4 rings (SSSR count). The van der Waals surface area contributed by atoms with Crippen LogP contribution in [0, 0.1) is 45.8 Å². The Morgan fingerprint density at radius 1 is 0.970 bits per heavy atom. The predicted octanol–water partition coefficient (Wildman–Crippen LogP) is 8.52. The Hall–Kier alpha value is -1.05. The summed E-state index contributed by atoms with van der Waals surface area (Å²) in [5.74, 6) is 3.84. The molecular formula is C31H50O2. The number of allylic oxidation sites excluding steroid dienone is 3. The van der Waals surface area contributed by atoms with Crippen molar-refractivity contribution in [1.29, 1.82) is 0 Å². The maximum Gasteiger partial charge on any atom is 0.302 e. The molecule has 4 aliphatic rings. The van der Waals surface area contributed by atoms with Crippen LogP contribution in [0.3, 0.4) is 0 Å². The average Bonchev–Trinajstić information content (AvgIpc) is 3.07. The zero-order chi connectivity index (χ0) is 24.2. The van der Waals surface area contributed by atoms with Crippen LogP contribution in [-0.4, -0.2) is 12.1 Å². The quantitative estimate of drug-likeness (QED) is 0.376. The highest BCUT2D eigenvalue weighted by molar-refractivity contribution is 5.66. The summed E-state index contributed by atoms with van der Waals surface area (Å²) in [6, 6.07) is 0. The highest BCUT2D eigenvalue weighted by Crippen LogP contribution is 2.67. The van der Waals surface area contributed by atoms with E-state index in [9.17, 15) is 4.79 Å². The van der Waals surface area contributed by atoms with Crippen LogP contribution < -0.4 is 0 Å². The number of carbonyl (C=O) groups excluding carboxylic acids is 1. The number of hydrogen-bond acceptors (Lipinski definition) is 2. The Kier molecular flexibility index (Phi) is 6.73. The van der Waals surface area contributed by atoms with E-state index < -0.39 is 0 Å². The second-order valence-corrected chi connectivity index (χ2v) is 13.7. The molecule has 186 valence electrons. The highest BCUT2D eigenvalue weighted by Gasteiger charge is 2.59. The number of hydrogen-bond donors (Lipinski definition) is 0. The van der Waals surface area contributed by atoms with E-state index in [1.165, 1.54) is 50.5 Å². The third kappa shape index (κ3) is 4.16. The Morgan fingerprint density at radius 3 is 2.36 bits per heavy atom. The van der Waals surface area contributed by atoms with E-state index in [2.05, 4.69) is 60.6 Å². The second-order valence-electron chi connectivity index (χ2n) is 13.7. The zero-order valence-electron chi connectivity index (χ0n) is 22.8. The molecule has 0 heterocycles. The number of carbonyl (C=O) groups is 1. The fourth-order valence-electron chi connectivity index (χ4n) is 9.13. The van der Waals surface area contributed by atoms with E-state index in [0.717, 1.165) is 36.5 Å². The first kappa shape index (κ1) is 25.1. The maximum atomic E-state index is 11.8. The van der Waals surface area contributed by atoms with Crippen molar-refractivity contribution in [2.45, 2.75) is 119 Å². The van der Waals surface area contributed by atoms with Crippen LogP contribution in [0.25, 0.3) is 0 Å². The van der Waals surface area contributed by atoms with Crippen molar-refractivity contribution in [1.82, 2.24) is 0 Å². The van der Waals surface area contributed by atoms with Gasteiger partial charge in [0.15, 0.2) is 0 Å². The molecule has 0 N–H and O–H groups in total. The summed E-state index contributed by atoms with van der Waals surface area (Å²) >= 11 is 0. The first-order chi connectivity index (χ1) is 15.4. The monoisotopic (exact) mass is 454 g/mol. The van der Waals surface area contributed by atoms with Crippen molar-refractivity contribution in [3.8, 4) is 0 Å². The molecule has 0 aromatic heterocycles. The van der Waals surface area contributed by atoms with Gasteiger partial charge in [-0.1, -0.05) is 91.0 Å². The molecular weight excluding hydrogens is 404 g/mol. The first-order valence-electron chi connectivity index (χ1n) is 14.0. The zero-order valence-corrected chi connectivity index (χ0v) is 22.8. The Balaban J connectivity index is 1.58. The minimum absolute atomic E-state index is 0.000631. The first-order valence-corrected chi connectivity index (χ1v) is 14.0. The largest absolute Gasteiger partial charge is 0.462 e. The average molecular weight is 455 g/mol. The van der Waals surface area contributed by atoms with Crippen molar-refractivity contribution in [3.63, 3.8) is 0 Å². The Bertz CT molecular complexity index is 817. The SMILES string of the molecule is CC(=O)O[C@@H]1CC[C@]2(C)C(=CC=C3[C@H]4CC[C@@H]([C@H](C)CCCC(C)C)[C@]4(C)CC[C@@H]32)C1(C)C. The minimum Gasteiger partial charge on any atom is -0.462 e. The number of fused-ring (bicyclic) bond motifs is 5. The van der Waals surface area contributed by atoms with Gasteiger partial charge in [-0.2, -0.15) is 0 Å². The molecule has 0 aliphatic heterocycles. The molecule has 2 heteroatoms. The summed E-state index contributed by atoms with van der Waals surface area (Å²) in [7, 11) is 0. The van der Waals surface area contributed by atoms with Gasteiger partial charge in [-0.25, -0.2) is 0 Å². The lowest BCUT2D eigenvalue weighted by Crippen LogP contribution is -2.52. The van der Waals surface area contributed by atoms with Gasteiger partial charge in [0.2, 0.25) is 0 Å². The van der Waals surface area contributed by atoms with E-state index >= 15 is 0 Å². The molecule has 0 spiro atoms. The van der Waals surface area contributed by atoms with Crippen molar-refractivity contribution in [2.24, 2.45) is 45.8 Å². The summed E-state index contributed by atoms with van der Waals surface area (Å²) < 4.78 is 5.81. The molecule has 3 fully saturated rings. The van der Waals surface area contributed by atoms with Gasteiger partial charge in [0.05, 0.1) is 0 Å². The molecule has 0 unspecified atom stereocenters. The van der Waals surface area contributed by atoms with Crippen molar-refractivity contribution in [3.05, 3.63) is 23.3 Å². The van der Waals surface area contributed by atoms with E-state index in [1.807, 2.05) is 0 Å². The highest BCUT2D eigenvalue weighted by atomic mass is 16.5. The lowest BCUT2D eigenvalue weighted by molar-refractivity contribution is -0.155. The normalized spacial score (nSPS) is 40.3. The minimum atomic E-state index is -0.141. The van der Waals surface area contributed by atoms with Crippen LogP contribution in [0.2, 0.25) is 0 Å². The molecule has 3 saturated carbocycles. The molecule has 0 aromatic rings. The topological polar surface area (TPSA) is 26.3 Å². The fraction of sp³-hybridized carbons (Fsp3) is 0.839. The van der Waals surface area contributed by atoms with Crippen molar-refractivity contribution in [2.75, 3.05) is 0 Å². The number of esters is 1. The van der Waals surface area contributed by atoms with Crippen LogP contribution in [0.1, 0.15) is 113 Å².